The van der Waals surface area contributed by atoms with Crippen LogP contribution in [-0.2, 0) is 0 Å². The van der Waals surface area contributed by atoms with Gasteiger partial charge in [-0.1, -0.05) is 0 Å². The van der Waals surface area contributed by atoms with E-state index in [9.17, 15) is 9.59 Å². The van der Waals surface area contributed by atoms with Crippen LogP contribution in [0.5, 0.6) is 0 Å². The van der Waals surface area contributed by atoms with Gasteiger partial charge in [-0.15, -0.1) is 5.10 Å². The van der Waals surface area contributed by atoms with Crippen molar-refractivity contribution in [2.75, 3.05) is 0 Å². The minimum Gasteiger partial charge on any atom is -0.313 e. The third kappa shape index (κ3) is 2.03. The number of rotatable bonds is 3. The van der Waals surface area contributed by atoms with Gasteiger partial charge in [-0.3, -0.25) is 9.78 Å². The van der Waals surface area contributed by atoms with E-state index in [-0.39, 0.29) is 0 Å². The summed E-state index contributed by atoms with van der Waals surface area (Å²) in [5.41, 5.74) is 2.14. The van der Waals surface area contributed by atoms with Crippen LogP contribution in [-0.4, -0.2) is 24.8 Å². The molecule has 0 saturated heterocycles. The van der Waals surface area contributed by atoms with Crippen molar-refractivity contribution in [3.63, 3.8) is 0 Å². The smallest absolute Gasteiger partial charge is 0.313 e. The summed E-state index contributed by atoms with van der Waals surface area (Å²) in [5.74, 6) is 2.17. The second-order valence-corrected chi connectivity index (χ2v) is 6.52. The zero-order valence-corrected chi connectivity index (χ0v) is 12.3. The largest absolute Gasteiger partial charge is 0.325 e. The summed E-state index contributed by atoms with van der Waals surface area (Å²) >= 11 is 0. The highest BCUT2D eigenvalue weighted by Crippen LogP contribution is 2.59. The molecule has 116 valence electrons. The van der Waals surface area contributed by atoms with Gasteiger partial charge in [0.1, 0.15) is 5.69 Å². The monoisotopic (exact) mass is 309 g/mol. The zero-order chi connectivity index (χ0) is 15.6. The van der Waals surface area contributed by atoms with Crippen molar-refractivity contribution in [3.8, 4) is 11.3 Å². The molecule has 2 N–H and O–H groups in total. The van der Waals surface area contributed by atoms with Crippen LogP contribution in [0.4, 0.5) is 0 Å². The van der Waals surface area contributed by atoms with Crippen molar-refractivity contribution < 1.29 is 0 Å². The molecule has 3 aromatic heterocycles. The van der Waals surface area contributed by atoms with Crippen LogP contribution in [0.3, 0.4) is 0 Å². The minimum atomic E-state index is -0.518. The molecule has 7 heteroatoms. The summed E-state index contributed by atoms with van der Waals surface area (Å²) in [6, 6.07) is 3.94. The number of H-pyrrole nitrogens is 2. The Morgan fingerprint density at radius 1 is 1.26 bits per heavy atom. The molecule has 5 rings (SSSR count). The lowest BCUT2D eigenvalue weighted by Crippen LogP contribution is -2.23. The first-order valence-corrected chi connectivity index (χ1v) is 7.88. The SMILES string of the molecule is O=c1[nH]cc(-c2cc([C@@H]3C[C@H]3C3CC3)c3ccnn3n2)c(=O)[nH]1. The fourth-order valence-corrected chi connectivity index (χ4v) is 3.59. The first-order valence-electron chi connectivity index (χ1n) is 7.88. The lowest BCUT2D eigenvalue weighted by atomic mass is 10.1. The topological polar surface area (TPSA) is 95.9 Å². The number of nitrogens with zero attached hydrogens (tertiary/aromatic N) is 3. The Bertz CT molecular complexity index is 1030. The zero-order valence-electron chi connectivity index (χ0n) is 12.3. The Kier molecular flexibility index (Phi) is 2.45. The molecular formula is C16H15N5O2. The molecule has 7 nitrogen and oxygen atoms in total. The van der Waals surface area contributed by atoms with Crippen LogP contribution in [0.1, 0.15) is 30.7 Å². The lowest BCUT2D eigenvalue weighted by molar-refractivity contribution is 0.688. The van der Waals surface area contributed by atoms with Crippen LogP contribution < -0.4 is 11.2 Å². The minimum absolute atomic E-state index is 0.354. The molecule has 2 aliphatic rings. The van der Waals surface area contributed by atoms with Crippen LogP contribution in [0.25, 0.3) is 16.8 Å². The highest BCUT2D eigenvalue weighted by Gasteiger charge is 2.48. The van der Waals surface area contributed by atoms with E-state index in [1.54, 1.807) is 10.8 Å². The molecule has 3 aromatic rings. The molecule has 0 spiro atoms. The first kappa shape index (κ1) is 12.8. The normalized spacial score (nSPS) is 23.3. The lowest BCUT2D eigenvalue weighted by Gasteiger charge is -2.07. The molecule has 3 heterocycles. The van der Waals surface area contributed by atoms with Gasteiger partial charge in [0.2, 0.25) is 0 Å². The molecule has 0 aliphatic heterocycles. The summed E-state index contributed by atoms with van der Waals surface area (Å²) in [5, 5.41) is 8.65. The predicted molar refractivity (Wildman–Crippen MR) is 83.2 cm³/mol. The van der Waals surface area contributed by atoms with E-state index in [1.165, 1.54) is 31.0 Å². The fraction of sp³-hybridized carbons (Fsp3) is 0.375. The van der Waals surface area contributed by atoms with Crippen LogP contribution >= 0.6 is 0 Å². The Morgan fingerprint density at radius 2 is 2.13 bits per heavy atom. The molecule has 2 saturated carbocycles. The Morgan fingerprint density at radius 3 is 2.91 bits per heavy atom. The van der Waals surface area contributed by atoms with Crippen LogP contribution in [0.2, 0.25) is 0 Å². The Hall–Kier alpha value is -2.70. The molecule has 0 radical (unpaired) electrons. The van der Waals surface area contributed by atoms with Gasteiger partial charge in [0, 0.05) is 6.20 Å². The van der Waals surface area contributed by atoms with E-state index in [0.29, 0.717) is 17.2 Å². The maximum atomic E-state index is 12.0. The number of hydrogen-bond donors (Lipinski definition) is 2. The summed E-state index contributed by atoms with van der Waals surface area (Å²) in [4.78, 5) is 28.0. The van der Waals surface area contributed by atoms with E-state index in [1.807, 2.05) is 12.1 Å². The fourth-order valence-electron chi connectivity index (χ4n) is 3.59. The van der Waals surface area contributed by atoms with Crippen molar-refractivity contribution in [3.05, 3.63) is 50.9 Å². The second kappa shape index (κ2) is 4.41. The maximum absolute atomic E-state index is 12.0. The van der Waals surface area contributed by atoms with Gasteiger partial charge >= 0.3 is 5.69 Å². The molecule has 23 heavy (non-hydrogen) atoms. The Labute approximate surface area is 130 Å². The van der Waals surface area contributed by atoms with Gasteiger partial charge in [0.05, 0.1) is 17.3 Å². The van der Waals surface area contributed by atoms with Crippen molar-refractivity contribution in [1.82, 2.24) is 24.8 Å². The number of hydrogen-bond acceptors (Lipinski definition) is 4. The van der Waals surface area contributed by atoms with E-state index in [2.05, 4.69) is 20.2 Å². The number of aromatic amines is 2. The average Bonchev–Trinajstić information content (AvgIpc) is 3.42. The second-order valence-electron chi connectivity index (χ2n) is 6.52. The maximum Gasteiger partial charge on any atom is 0.325 e. The standard InChI is InChI=1S/C16H15N5O2/c22-15-12(7-17-16(23)19-15)13-6-11(10-5-9(10)8-1-2-8)14-3-4-18-21(14)20-13/h3-4,6-10H,1-2,5H2,(H2,17,19,22,23)/t9-,10+/m0/s1. The summed E-state index contributed by atoms with van der Waals surface area (Å²) in [6.45, 7) is 0. The predicted octanol–water partition coefficient (Wildman–Crippen LogP) is 1.29. The Balaban J connectivity index is 1.67. The highest BCUT2D eigenvalue weighted by atomic mass is 16.2. The molecule has 0 aromatic carbocycles. The summed E-state index contributed by atoms with van der Waals surface area (Å²) < 4.78 is 1.58. The number of fused-ring (bicyclic) bond motifs is 1. The van der Waals surface area contributed by atoms with Crippen molar-refractivity contribution in [1.29, 1.82) is 0 Å². The van der Waals surface area contributed by atoms with Crippen LogP contribution in [0.15, 0.2) is 34.1 Å². The molecule has 0 unspecified atom stereocenters. The molecule has 0 amide bonds. The first-order chi connectivity index (χ1) is 11.2. The third-order valence-corrected chi connectivity index (χ3v) is 4.98. The average molecular weight is 309 g/mol. The third-order valence-electron chi connectivity index (χ3n) is 4.98. The molecule has 2 atom stereocenters. The van der Waals surface area contributed by atoms with Crippen LogP contribution in [0, 0.1) is 11.8 Å². The van der Waals surface area contributed by atoms with Gasteiger partial charge in [-0.05, 0) is 54.7 Å². The highest BCUT2D eigenvalue weighted by molar-refractivity contribution is 5.65. The quantitative estimate of drug-likeness (QED) is 0.762. The molecule has 2 fully saturated rings. The summed E-state index contributed by atoms with van der Waals surface area (Å²) in [7, 11) is 0. The van der Waals surface area contributed by atoms with Crippen molar-refractivity contribution >= 4 is 5.52 Å². The van der Waals surface area contributed by atoms with Gasteiger partial charge in [0.25, 0.3) is 5.56 Å². The van der Waals surface area contributed by atoms with Crippen molar-refractivity contribution in [2.24, 2.45) is 11.8 Å². The van der Waals surface area contributed by atoms with E-state index in [0.717, 1.165) is 17.4 Å². The number of aromatic nitrogens is 5. The van der Waals surface area contributed by atoms with E-state index >= 15 is 0 Å². The molecule has 0 bridgehead atoms. The van der Waals surface area contributed by atoms with E-state index < -0.39 is 11.2 Å². The van der Waals surface area contributed by atoms with Gasteiger partial charge in [-0.25, -0.2) is 4.79 Å². The van der Waals surface area contributed by atoms with E-state index in [4.69, 9.17) is 0 Å². The molecule has 2 aliphatic carbocycles. The number of nitrogens with one attached hydrogen (secondary N) is 2. The van der Waals surface area contributed by atoms with Crippen molar-refractivity contribution in [2.45, 2.75) is 25.2 Å². The molecular weight excluding hydrogens is 294 g/mol. The summed E-state index contributed by atoms with van der Waals surface area (Å²) in [6.07, 6.45) is 7.02. The van der Waals surface area contributed by atoms with Gasteiger partial charge in [-0.2, -0.15) is 9.73 Å². The van der Waals surface area contributed by atoms with Gasteiger partial charge in [0.15, 0.2) is 0 Å². The van der Waals surface area contributed by atoms with Gasteiger partial charge < -0.3 is 4.98 Å².